The van der Waals surface area contributed by atoms with Crippen LogP contribution in [0, 0.1) is 5.82 Å². The van der Waals surface area contributed by atoms with Crippen LogP contribution in [0.3, 0.4) is 0 Å². The molecule has 0 aromatic carbocycles. The van der Waals surface area contributed by atoms with Crippen molar-refractivity contribution in [3.63, 3.8) is 0 Å². The van der Waals surface area contributed by atoms with E-state index >= 15 is 0 Å². The Hall–Kier alpha value is -1.20. The van der Waals surface area contributed by atoms with Gasteiger partial charge < -0.3 is 10.2 Å². The van der Waals surface area contributed by atoms with Crippen molar-refractivity contribution in [3.8, 4) is 0 Å². The molecule has 2 N–H and O–H groups in total. The molecule has 0 spiro atoms. The summed E-state index contributed by atoms with van der Waals surface area (Å²) in [7, 11) is 0. The highest BCUT2D eigenvalue weighted by Gasteiger charge is 2.15. The molecule has 0 aliphatic rings. The van der Waals surface area contributed by atoms with E-state index in [0.717, 1.165) is 11.8 Å². The first-order valence-corrected chi connectivity index (χ1v) is 5.06. The van der Waals surface area contributed by atoms with Crippen LogP contribution in [0.1, 0.15) is 17.2 Å². The standard InChI is InChI=1S/C10H8BrFN2O/c11-10-8(1-2-15-10)9(13)6-3-7(12)5-14-4-6/h1-5,9H,13H2. The van der Waals surface area contributed by atoms with Crippen molar-refractivity contribution >= 4 is 15.9 Å². The Labute approximate surface area is 94.2 Å². The van der Waals surface area contributed by atoms with E-state index in [-0.39, 0.29) is 0 Å². The van der Waals surface area contributed by atoms with Gasteiger partial charge >= 0.3 is 0 Å². The maximum atomic E-state index is 12.9. The first-order valence-electron chi connectivity index (χ1n) is 4.27. The molecule has 1 atom stereocenters. The van der Waals surface area contributed by atoms with Crippen molar-refractivity contribution in [2.24, 2.45) is 5.73 Å². The van der Waals surface area contributed by atoms with Gasteiger partial charge in [0.2, 0.25) is 0 Å². The second-order valence-corrected chi connectivity index (χ2v) is 3.78. The Morgan fingerprint density at radius 1 is 1.47 bits per heavy atom. The highest BCUT2D eigenvalue weighted by atomic mass is 79.9. The first-order chi connectivity index (χ1) is 7.18. The lowest BCUT2D eigenvalue weighted by molar-refractivity contribution is 0.534. The molecule has 78 valence electrons. The van der Waals surface area contributed by atoms with Crippen LogP contribution < -0.4 is 5.73 Å². The summed E-state index contributed by atoms with van der Waals surface area (Å²) in [5.74, 6) is -0.400. The molecule has 5 heteroatoms. The molecule has 0 saturated carbocycles. The average molecular weight is 271 g/mol. The van der Waals surface area contributed by atoms with Crippen molar-refractivity contribution in [1.29, 1.82) is 0 Å². The van der Waals surface area contributed by atoms with Crippen LogP contribution >= 0.6 is 15.9 Å². The number of hydrogen-bond donors (Lipinski definition) is 1. The zero-order chi connectivity index (χ0) is 10.8. The summed E-state index contributed by atoms with van der Waals surface area (Å²) in [4.78, 5) is 3.74. The lowest BCUT2D eigenvalue weighted by atomic mass is 10.0. The zero-order valence-electron chi connectivity index (χ0n) is 7.65. The molecule has 0 aliphatic heterocycles. The van der Waals surface area contributed by atoms with E-state index in [9.17, 15) is 4.39 Å². The summed E-state index contributed by atoms with van der Waals surface area (Å²) in [6.07, 6.45) is 4.19. The van der Waals surface area contributed by atoms with Gasteiger partial charge in [0.1, 0.15) is 5.82 Å². The molecule has 0 radical (unpaired) electrons. The van der Waals surface area contributed by atoms with Crippen LogP contribution in [0.25, 0.3) is 0 Å². The fourth-order valence-corrected chi connectivity index (χ4v) is 1.79. The number of pyridine rings is 1. The third-order valence-electron chi connectivity index (χ3n) is 2.07. The summed E-state index contributed by atoms with van der Waals surface area (Å²) in [6.45, 7) is 0. The number of hydrogen-bond acceptors (Lipinski definition) is 3. The second-order valence-electron chi connectivity index (χ2n) is 3.06. The van der Waals surface area contributed by atoms with E-state index in [0.29, 0.717) is 10.2 Å². The Balaban J connectivity index is 2.36. The van der Waals surface area contributed by atoms with Gasteiger partial charge in [0.15, 0.2) is 4.67 Å². The second kappa shape index (κ2) is 4.12. The fraction of sp³-hybridized carbons (Fsp3) is 0.100. The van der Waals surface area contributed by atoms with E-state index in [4.69, 9.17) is 10.2 Å². The van der Waals surface area contributed by atoms with E-state index < -0.39 is 11.9 Å². The minimum Gasteiger partial charge on any atom is -0.457 e. The van der Waals surface area contributed by atoms with Gasteiger partial charge in [-0.15, -0.1) is 0 Å². The topological polar surface area (TPSA) is 52.0 Å². The predicted molar refractivity (Wildman–Crippen MR) is 56.6 cm³/mol. The van der Waals surface area contributed by atoms with Gasteiger partial charge in [-0.3, -0.25) is 4.98 Å². The van der Waals surface area contributed by atoms with Crippen molar-refractivity contribution in [2.75, 3.05) is 0 Å². The largest absolute Gasteiger partial charge is 0.457 e. The Bertz CT molecular complexity index is 472. The molecule has 0 saturated heterocycles. The smallest absolute Gasteiger partial charge is 0.174 e. The van der Waals surface area contributed by atoms with Crippen LogP contribution in [-0.4, -0.2) is 4.98 Å². The third-order valence-corrected chi connectivity index (χ3v) is 2.71. The van der Waals surface area contributed by atoms with Gasteiger partial charge in [0.05, 0.1) is 18.5 Å². The highest BCUT2D eigenvalue weighted by Crippen LogP contribution is 2.27. The number of nitrogens with zero attached hydrogens (tertiary/aromatic N) is 1. The van der Waals surface area contributed by atoms with Crippen molar-refractivity contribution in [1.82, 2.24) is 4.98 Å². The van der Waals surface area contributed by atoms with Gasteiger partial charge in [-0.1, -0.05) is 0 Å². The quantitative estimate of drug-likeness (QED) is 0.913. The van der Waals surface area contributed by atoms with Crippen LogP contribution in [-0.2, 0) is 0 Å². The molecule has 0 amide bonds. The summed E-state index contributed by atoms with van der Waals surface area (Å²) < 4.78 is 18.5. The molecule has 2 rings (SSSR count). The van der Waals surface area contributed by atoms with Gasteiger partial charge in [0, 0.05) is 11.8 Å². The molecule has 15 heavy (non-hydrogen) atoms. The zero-order valence-corrected chi connectivity index (χ0v) is 9.24. The Kier molecular flexibility index (Phi) is 2.83. The molecule has 2 heterocycles. The predicted octanol–water partition coefficient (Wildman–Crippen LogP) is 2.62. The molecular weight excluding hydrogens is 263 g/mol. The Morgan fingerprint density at radius 2 is 2.27 bits per heavy atom. The first kappa shape index (κ1) is 10.3. The minimum atomic E-state index is -0.443. The summed E-state index contributed by atoms with van der Waals surface area (Å²) >= 11 is 3.22. The van der Waals surface area contributed by atoms with Crippen molar-refractivity contribution < 1.29 is 8.81 Å². The average Bonchev–Trinajstić information content (AvgIpc) is 2.63. The number of aromatic nitrogens is 1. The molecule has 2 aromatic rings. The van der Waals surface area contributed by atoms with Crippen molar-refractivity contribution in [3.05, 3.63) is 52.4 Å². The number of halogens is 2. The SMILES string of the molecule is NC(c1cncc(F)c1)c1ccoc1Br. The lowest BCUT2D eigenvalue weighted by Gasteiger charge is -2.09. The van der Waals surface area contributed by atoms with Crippen LogP contribution in [0.5, 0.6) is 0 Å². The molecule has 2 aromatic heterocycles. The van der Waals surface area contributed by atoms with E-state index in [1.165, 1.54) is 18.5 Å². The molecular formula is C10H8BrFN2O. The maximum Gasteiger partial charge on any atom is 0.174 e. The minimum absolute atomic E-state index is 0.400. The van der Waals surface area contributed by atoms with E-state index in [1.54, 1.807) is 6.07 Å². The number of nitrogens with two attached hydrogens (primary N) is 1. The van der Waals surface area contributed by atoms with E-state index in [1.807, 2.05) is 0 Å². The van der Waals surface area contributed by atoms with Gasteiger partial charge in [-0.2, -0.15) is 0 Å². The molecule has 0 fully saturated rings. The van der Waals surface area contributed by atoms with Crippen LogP contribution in [0.4, 0.5) is 4.39 Å². The molecule has 1 unspecified atom stereocenters. The number of furan rings is 1. The normalized spacial score (nSPS) is 12.7. The summed E-state index contributed by atoms with van der Waals surface area (Å²) in [5, 5.41) is 0. The summed E-state index contributed by atoms with van der Waals surface area (Å²) in [6, 6.07) is 2.65. The van der Waals surface area contributed by atoms with Crippen molar-refractivity contribution in [2.45, 2.75) is 6.04 Å². The molecule has 3 nitrogen and oxygen atoms in total. The monoisotopic (exact) mass is 270 g/mol. The van der Waals surface area contributed by atoms with Gasteiger partial charge in [0.25, 0.3) is 0 Å². The van der Waals surface area contributed by atoms with E-state index in [2.05, 4.69) is 20.9 Å². The van der Waals surface area contributed by atoms with Crippen LogP contribution in [0.15, 0.2) is 39.9 Å². The highest BCUT2D eigenvalue weighted by molar-refractivity contribution is 9.10. The molecule has 0 bridgehead atoms. The number of rotatable bonds is 2. The maximum absolute atomic E-state index is 12.9. The Morgan fingerprint density at radius 3 is 2.87 bits per heavy atom. The summed E-state index contributed by atoms with van der Waals surface area (Å²) in [5.41, 5.74) is 7.31. The lowest BCUT2D eigenvalue weighted by Crippen LogP contribution is -2.12. The fourth-order valence-electron chi connectivity index (χ4n) is 1.30. The molecule has 0 aliphatic carbocycles. The van der Waals surface area contributed by atoms with Gasteiger partial charge in [-0.25, -0.2) is 4.39 Å². The third kappa shape index (κ3) is 2.08. The van der Waals surface area contributed by atoms with Crippen LogP contribution in [0.2, 0.25) is 0 Å². The van der Waals surface area contributed by atoms with Gasteiger partial charge in [-0.05, 0) is 33.6 Å².